The van der Waals surface area contributed by atoms with E-state index in [1.165, 1.54) is 15.0 Å². The van der Waals surface area contributed by atoms with Gasteiger partial charge >= 0.3 is 5.69 Å². The third kappa shape index (κ3) is 2.68. The minimum atomic E-state index is -0.00311. The maximum Gasteiger partial charge on any atom is 0.326 e. The summed E-state index contributed by atoms with van der Waals surface area (Å²) in [6.45, 7) is 3.94. The Hall–Kier alpha value is -2.37. The van der Waals surface area contributed by atoms with Crippen molar-refractivity contribution in [2.45, 2.75) is 25.9 Å². The van der Waals surface area contributed by atoms with E-state index < -0.39 is 0 Å². The number of fused-ring (bicyclic) bond motifs is 4. The molecule has 26 heavy (non-hydrogen) atoms. The van der Waals surface area contributed by atoms with Crippen LogP contribution in [0, 0.1) is 0 Å². The van der Waals surface area contributed by atoms with E-state index in [2.05, 4.69) is 34.1 Å². The van der Waals surface area contributed by atoms with Crippen LogP contribution in [-0.2, 0) is 19.5 Å². The standard InChI is InChI=1S/C21H21N3OS/c25-21-22-17-7-2-3-8-18(17)24(21)12-5-11-23-13-10-16-15-6-1-4-9-19(15)26-20(16)14-23/h1-4,6-9H,5,10-14H2,(H,22,25). The van der Waals surface area contributed by atoms with E-state index in [1.807, 2.05) is 40.2 Å². The van der Waals surface area contributed by atoms with Crippen LogP contribution in [0.25, 0.3) is 21.1 Å². The number of thiophene rings is 1. The highest BCUT2D eigenvalue weighted by Gasteiger charge is 2.20. The van der Waals surface area contributed by atoms with Crippen LogP contribution in [0.15, 0.2) is 53.3 Å². The zero-order chi connectivity index (χ0) is 17.5. The summed E-state index contributed by atoms with van der Waals surface area (Å²) in [5.74, 6) is 0. The number of nitrogens with zero attached hydrogens (tertiary/aromatic N) is 2. The molecule has 5 rings (SSSR count). The number of imidazole rings is 1. The molecule has 1 aliphatic rings. The van der Waals surface area contributed by atoms with Crippen molar-refractivity contribution in [3.05, 3.63) is 69.5 Å². The molecule has 3 heterocycles. The molecule has 0 spiro atoms. The number of hydrogen-bond donors (Lipinski definition) is 1. The van der Waals surface area contributed by atoms with E-state index in [9.17, 15) is 4.79 Å². The molecule has 0 atom stereocenters. The van der Waals surface area contributed by atoms with Gasteiger partial charge in [-0.15, -0.1) is 11.3 Å². The van der Waals surface area contributed by atoms with E-state index >= 15 is 0 Å². The first kappa shape index (κ1) is 15.9. The fraction of sp³-hybridized carbons (Fsp3) is 0.286. The number of aromatic nitrogens is 2. The number of rotatable bonds is 4. The van der Waals surface area contributed by atoms with Crippen molar-refractivity contribution in [1.82, 2.24) is 14.5 Å². The van der Waals surface area contributed by atoms with Gasteiger partial charge in [-0.2, -0.15) is 0 Å². The Morgan fingerprint density at radius 2 is 1.88 bits per heavy atom. The molecule has 4 nitrogen and oxygen atoms in total. The second-order valence-corrected chi connectivity index (χ2v) is 8.12. The summed E-state index contributed by atoms with van der Waals surface area (Å²) in [5.41, 5.74) is 3.47. The molecule has 0 saturated heterocycles. The second-order valence-electron chi connectivity index (χ2n) is 6.98. The fourth-order valence-corrected chi connectivity index (χ4v) is 5.37. The summed E-state index contributed by atoms with van der Waals surface area (Å²) < 4.78 is 3.27. The molecule has 2 aromatic carbocycles. The van der Waals surface area contributed by atoms with Gasteiger partial charge in [0.15, 0.2) is 0 Å². The molecule has 0 amide bonds. The lowest BCUT2D eigenvalue weighted by atomic mass is 10.0. The van der Waals surface area contributed by atoms with Gasteiger partial charge < -0.3 is 4.98 Å². The minimum absolute atomic E-state index is 0.00311. The number of para-hydroxylation sites is 2. The van der Waals surface area contributed by atoms with Crippen LogP contribution in [0.1, 0.15) is 16.9 Å². The summed E-state index contributed by atoms with van der Waals surface area (Å²) in [4.78, 5) is 19.2. The summed E-state index contributed by atoms with van der Waals surface area (Å²) in [7, 11) is 0. The first-order valence-corrected chi connectivity index (χ1v) is 10.0. The largest absolute Gasteiger partial charge is 0.326 e. The predicted molar refractivity (Wildman–Crippen MR) is 108 cm³/mol. The summed E-state index contributed by atoms with van der Waals surface area (Å²) >= 11 is 1.94. The lowest BCUT2D eigenvalue weighted by Gasteiger charge is -2.26. The molecule has 0 saturated carbocycles. The van der Waals surface area contributed by atoms with Crippen LogP contribution in [0.4, 0.5) is 0 Å². The number of nitrogens with one attached hydrogen (secondary N) is 1. The maximum atomic E-state index is 12.2. The van der Waals surface area contributed by atoms with Crippen LogP contribution in [0.5, 0.6) is 0 Å². The van der Waals surface area contributed by atoms with Gasteiger partial charge in [0.25, 0.3) is 0 Å². The molecular formula is C21H21N3OS. The quantitative estimate of drug-likeness (QED) is 0.596. The third-order valence-corrected chi connectivity index (χ3v) is 6.56. The van der Waals surface area contributed by atoms with E-state index in [4.69, 9.17) is 0 Å². The minimum Gasteiger partial charge on any atom is -0.306 e. The van der Waals surface area contributed by atoms with Crippen LogP contribution in [0.3, 0.4) is 0 Å². The van der Waals surface area contributed by atoms with Crippen LogP contribution in [0.2, 0.25) is 0 Å². The number of aromatic amines is 1. The summed E-state index contributed by atoms with van der Waals surface area (Å²) in [6.07, 6.45) is 2.12. The SMILES string of the molecule is O=c1[nH]c2ccccc2n1CCCN1CCc2c(sc3ccccc23)C1. The van der Waals surface area contributed by atoms with Gasteiger partial charge in [0.1, 0.15) is 0 Å². The Balaban J connectivity index is 1.28. The van der Waals surface area contributed by atoms with Crippen molar-refractivity contribution in [2.75, 3.05) is 13.1 Å². The maximum absolute atomic E-state index is 12.2. The Kier molecular flexibility index (Phi) is 3.91. The highest BCUT2D eigenvalue weighted by Crippen LogP contribution is 2.34. The van der Waals surface area contributed by atoms with Crippen molar-refractivity contribution in [3.8, 4) is 0 Å². The van der Waals surface area contributed by atoms with Gasteiger partial charge in [0.05, 0.1) is 11.0 Å². The zero-order valence-electron chi connectivity index (χ0n) is 14.6. The van der Waals surface area contributed by atoms with E-state index in [1.54, 1.807) is 5.56 Å². The molecule has 5 heteroatoms. The molecule has 0 fully saturated rings. The molecule has 0 aliphatic carbocycles. The number of hydrogen-bond acceptors (Lipinski definition) is 3. The van der Waals surface area contributed by atoms with Crippen molar-refractivity contribution < 1.29 is 0 Å². The molecule has 0 bridgehead atoms. The predicted octanol–water partition coefficient (Wildman–Crippen LogP) is 3.99. The summed E-state index contributed by atoms with van der Waals surface area (Å²) in [5, 5.41) is 1.44. The van der Waals surface area contributed by atoms with E-state index in [0.29, 0.717) is 0 Å². The average Bonchev–Trinajstić information content (AvgIpc) is 3.18. The second kappa shape index (κ2) is 6.41. The van der Waals surface area contributed by atoms with Crippen molar-refractivity contribution in [2.24, 2.45) is 0 Å². The van der Waals surface area contributed by atoms with Crippen molar-refractivity contribution in [3.63, 3.8) is 0 Å². The topological polar surface area (TPSA) is 41.0 Å². The van der Waals surface area contributed by atoms with E-state index in [0.717, 1.165) is 50.1 Å². The Morgan fingerprint density at radius 1 is 1.04 bits per heavy atom. The smallest absolute Gasteiger partial charge is 0.306 e. The van der Waals surface area contributed by atoms with Crippen molar-refractivity contribution in [1.29, 1.82) is 0 Å². The van der Waals surface area contributed by atoms with Crippen molar-refractivity contribution >= 4 is 32.5 Å². The highest BCUT2D eigenvalue weighted by atomic mass is 32.1. The third-order valence-electron chi connectivity index (χ3n) is 5.36. The first-order chi connectivity index (χ1) is 12.8. The lowest BCUT2D eigenvalue weighted by molar-refractivity contribution is 0.250. The number of aryl methyl sites for hydroxylation is 1. The van der Waals surface area contributed by atoms with E-state index in [-0.39, 0.29) is 5.69 Å². The number of benzene rings is 2. The summed E-state index contributed by atoms with van der Waals surface area (Å²) in [6, 6.07) is 16.7. The number of H-pyrrole nitrogens is 1. The fourth-order valence-electron chi connectivity index (χ4n) is 4.08. The Morgan fingerprint density at radius 3 is 2.85 bits per heavy atom. The lowest BCUT2D eigenvalue weighted by Crippen LogP contribution is -2.31. The molecule has 0 radical (unpaired) electrons. The molecule has 0 unspecified atom stereocenters. The van der Waals surface area contributed by atoms with Crippen LogP contribution >= 0.6 is 11.3 Å². The molecular weight excluding hydrogens is 342 g/mol. The Labute approximate surface area is 155 Å². The Bertz CT molecular complexity index is 1140. The van der Waals surface area contributed by atoms with Crippen LogP contribution < -0.4 is 5.69 Å². The molecule has 2 aromatic heterocycles. The molecule has 1 aliphatic heterocycles. The van der Waals surface area contributed by atoms with Gasteiger partial charge in [0, 0.05) is 35.8 Å². The zero-order valence-corrected chi connectivity index (χ0v) is 15.4. The molecule has 132 valence electrons. The van der Waals surface area contributed by atoms with Gasteiger partial charge in [-0.25, -0.2) is 4.79 Å². The molecule has 4 aromatic rings. The average molecular weight is 363 g/mol. The normalized spacial score (nSPS) is 14.9. The highest BCUT2D eigenvalue weighted by molar-refractivity contribution is 7.19. The van der Waals surface area contributed by atoms with Gasteiger partial charge in [0.2, 0.25) is 0 Å². The van der Waals surface area contributed by atoms with Gasteiger partial charge in [-0.1, -0.05) is 30.3 Å². The van der Waals surface area contributed by atoms with Gasteiger partial charge in [-0.3, -0.25) is 9.47 Å². The monoisotopic (exact) mass is 363 g/mol. The van der Waals surface area contributed by atoms with Crippen LogP contribution in [-0.4, -0.2) is 27.5 Å². The first-order valence-electron chi connectivity index (χ1n) is 9.19. The van der Waals surface area contributed by atoms with Gasteiger partial charge in [-0.05, 0) is 42.0 Å². The molecule has 1 N–H and O–H groups in total.